The van der Waals surface area contributed by atoms with Crippen LogP contribution in [0, 0.1) is 11.8 Å². The summed E-state index contributed by atoms with van der Waals surface area (Å²) < 4.78 is 0. The van der Waals surface area contributed by atoms with Gasteiger partial charge in [0.1, 0.15) is 0 Å². The Bertz CT molecular complexity index is 430. The summed E-state index contributed by atoms with van der Waals surface area (Å²) in [6, 6.07) is 9.82. The largest absolute Gasteiger partial charge is 0.316 e. The van der Waals surface area contributed by atoms with Gasteiger partial charge in [0.2, 0.25) is 0 Å². The van der Waals surface area contributed by atoms with Gasteiger partial charge in [0.05, 0.1) is 0 Å². The summed E-state index contributed by atoms with van der Waals surface area (Å²) in [7, 11) is 0. The van der Waals surface area contributed by atoms with Gasteiger partial charge in [-0.2, -0.15) is 0 Å². The van der Waals surface area contributed by atoms with Gasteiger partial charge in [-0.05, 0) is 55.3 Å². The van der Waals surface area contributed by atoms with E-state index in [1.54, 1.807) is 11.1 Å². The molecule has 96 valence electrons. The number of nitrogens with zero attached hydrogens (tertiary/aromatic N) is 1. The average Bonchev–Trinajstić information content (AvgIpc) is 2.99. The minimum Gasteiger partial charge on any atom is -0.316 e. The minimum atomic E-state index is 0.709. The first-order valence-corrected chi connectivity index (χ1v) is 7.44. The molecular formula is C16H22N2. The average molecular weight is 242 g/mol. The summed E-state index contributed by atoms with van der Waals surface area (Å²) in [5, 5.41) is 3.54. The molecule has 2 saturated heterocycles. The maximum absolute atomic E-state index is 3.54. The molecule has 1 aromatic carbocycles. The van der Waals surface area contributed by atoms with Crippen molar-refractivity contribution in [2.24, 2.45) is 11.8 Å². The molecule has 3 atom stereocenters. The molecule has 1 unspecified atom stereocenters. The first kappa shape index (κ1) is 11.0. The third-order valence-corrected chi connectivity index (χ3v) is 5.20. The van der Waals surface area contributed by atoms with Gasteiger partial charge >= 0.3 is 0 Å². The molecule has 0 bridgehead atoms. The van der Waals surface area contributed by atoms with Crippen molar-refractivity contribution in [3.05, 3.63) is 35.4 Å². The van der Waals surface area contributed by atoms with Gasteiger partial charge in [-0.25, -0.2) is 0 Å². The zero-order valence-corrected chi connectivity index (χ0v) is 10.9. The van der Waals surface area contributed by atoms with Crippen LogP contribution >= 0.6 is 0 Å². The van der Waals surface area contributed by atoms with Crippen LogP contribution in [0.25, 0.3) is 0 Å². The molecule has 2 fully saturated rings. The Morgan fingerprint density at radius 2 is 1.83 bits per heavy atom. The number of fused-ring (bicyclic) bond motifs is 2. The summed E-state index contributed by atoms with van der Waals surface area (Å²) in [6.07, 6.45) is 4.02. The number of hydrogen-bond acceptors (Lipinski definition) is 2. The van der Waals surface area contributed by atoms with Gasteiger partial charge in [0, 0.05) is 19.1 Å². The molecule has 18 heavy (non-hydrogen) atoms. The number of hydrogen-bond donors (Lipinski definition) is 1. The molecule has 0 amide bonds. The number of likely N-dealkylation sites (tertiary alicyclic amines) is 1. The maximum atomic E-state index is 3.54. The van der Waals surface area contributed by atoms with Gasteiger partial charge in [-0.15, -0.1) is 0 Å². The minimum absolute atomic E-state index is 0.709. The van der Waals surface area contributed by atoms with E-state index in [0.29, 0.717) is 6.04 Å². The normalized spacial score (nSPS) is 35.4. The molecule has 2 heteroatoms. The van der Waals surface area contributed by atoms with Crippen LogP contribution in [0.2, 0.25) is 0 Å². The first-order valence-electron chi connectivity index (χ1n) is 7.44. The Labute approximate surface area is 109 Å². The Kier molecular flexibility index (Phi) is 2.66. The van der Waals surface area contributed by atoms with Crippen LogP contribution in [0.1, 0.15) is 30.0 Å². The fourth-order valence-electron chi connectivity index (χ4n) is 4.25. The zero-order chi connectivity index (χ0) is 11.9. The highest BCUT2D eigenvalue weighted by Crippen LogP contribution is 2.39. The quantitative estimate of drug-likeness (QED) is 0.812. The summed E-state index contributed by atoms with van der Waals surface area (Å²) in [6.45, 7) is 5.12. The van der Waals surface area contributed by atoms with E-state index in [9.17, 15) is 0 Å². The second kappa shape index (κ2) is 4.36. The first-order chi connectivity index (χ1) is 8.92. The fraction of sp³-hybridized carbons (Fsp3) is 0.625. The lowest BCUT2D eigenvalue weighted by Gasteiger charge is -2.33. The molecular weight excluding hydrogens is 220 g/mol. The van der Waals surface area contributed by atoms with Crippen molar-refractivity contribution in [1.29, 1.82) is 0 Å². The SMILES string of the molecule is c1ccc2c(c1)CCCC2N1C[C@H]2CNC[C@H]2C1. The van der Waals surface area contributed by atoms with Crippen molar-refractivity contribution in [2.75, 3.05) is 26.2 Å². The zero-order valence-electron chi connectivity index (χ0n) is 10.9. The van der Waals surface area contributed by atoms with Gasteiger partial charge < -0.3 is 5.32 Å². The van der Waals surface area contributed by atoms with Crippen molar-refractivity contribution in [2.45, 2.75) is 25.3 Å². The van der Waals surface area contributed by atoms with E-state index < -0.39 is 0 Å². The second-order valence-corrected chi connectivity index (χ2v) is 6.24. The molecule has 1 aliphatic carbocycles. The van der Waals surface area contributed by atoms with Crippen molar-refractivity contribution < 1.29 is 0 Å². The molecule has 0 aromatic heterocycles. The van der Waals surface area contributed by atoms with Crippen molar-refractivity contribution in [3.63, 3.8) is 0 Å². The number of benzene rings is 1. The Morgan fingerprint density at radius 1 is 1.06 bits per heavy atom. The highest BCUT2D eigenvalue weighted by molar-refractivity contribution is 5.32. The smallest absolute Gasteiger partial charge is 0.0351 e. The molecule has 2 nitrogen and oxygen atoms in total. The Balaban J connectivity index is 1.59. The highest BCUT2D eigenvalue weighted by atomic mass is 15.2. The van der Waals surface area contributed by atoms with Gasteiger partial charge in [-0.3, -0.25) is 4.90 Å². The van der Waals surface area contributed by atoms with Crippen LogP contribution in [-0.4, -0.2) is 31.1 Å². The van der Waals surface area contributed by atoms with Crippen molar-refractivity contribution in [1.82, 2.24) is 10.2 Å². The molecule has 0 saturated carbocycles. The number of aryl methyl sites for hydroxylation is 1. The van der Waals surface area contributed by atoms with Crippen LogP contribution in [0.5, 0.6) is 0 Å². The predicted molar refractivity (Wildman–Crippen MR) is 73.5 cm³/mol. The van der Waals surface area contributed by atoms with E-state index >= 15 is 0 Å². The van der Waals surface area contributed by atoms with Crippen molar-refractivity contribution in [3.8, 4) is 0 Å². The Morgan fingerprint density at radius 3 is 2.67 bits per heavy atom. The monoisotopic (exact) mass is 242 g/mol. The fourth-order valence-corrected chi connectivity index (χ4v) is 4.25. The van der Waals surface area contributed by atoms with E-state index in [0.717, 1.165) is 11.8 Å². The van der Waals surface area contributed by atoms with E-state index in [1.807, 2.05) is 0 Å². The molecule has 1 N–H and O–H groups in total. The van der Waals surface area contributed by atoms with Gasteiger partial charge in [-0.1, -0.05) is 24.3 Å². The molecule has 2 heterocycles. The topological polar surface area (TPSA) is 15.3 Å². The van der Waals surface area contributed by atoms with Crippen LogP contribution in [0.3, 0.4) is 0 Å². The lowest BCUT2D eigenvalue weighted by Crippen LogP contribution is -2.32. The van der Waals surface area contributed by atoms with Crippen LogP contribution in [0.15, 0.2) is 24.3 Å². The van der Waals surface area contributed by atoms with Crippen LogP contribution < -0.4 is 5.32 Å². The highest BCUT2D eigenvalue weighted by Gasteiger charge is 2.39. The summed E-state index contributed by atoms with van der Waals surface area (Å²) >= 11 is 0. The molecule has 4 rings (SSSR count). The summed E-state index contributed by atoms with van der Waals surface area (Å²) in [5.41, 5.74) is 3.22. The third-order valence-electron chi connectivity index (χ3n) is 5.20. The van der Waals surface area contributed by atoms with E-state index in [2.05, 4.69) is 34.5 Å². The second-order valence-electron chi connectivity index (χ2n) is 6.24. The third kappa shape index (κ3) is 1.70. The summed E-state index contributed by atoms with van der Waals surface area (Å²) in [4.78, 5) is 2.77. The summed E-state index contributed by atoms with van der Waals surface area (Å²) in [5.74, 6) is 1.83. The lowest BCUT2D eigenvalue weighted by molar-refractivity contribution is 0.206. The molecule has 2 aliphatic heterocycles. The standard InChI is InChI=1S/C16H22N2/c1-2-6-15-12(4-1)5-3-7-16(15)18-10-13-8-17-9-14(13)11-18/h1-2,4,6,13-14,16-17H,3,5,7-11H2/t13-,14+,16?. The van der Waals surface area contributed by atoms with Crippen molar-refractivity contribution >= 4 is 0 Å². The number of nitrogens with one attached hydrogen (secondary N) is 1. The maximum Gasteiger partial charge on any atom is 0.0351 e. The van der Waals surface area contributed by atoms with Gasteiger partial charge in [0.25, 0.3) is 0 Å². The van der Waals surface area contributed by atoms with E-state index in [-0.39, 0.29) is 0 Å². The molecule has 0 spiro atoms. The van der Waals surface area contributed by atoms with E-state index in [4.69, 9.17) is 0 Å². The molecule has 3 aliphatic rings. The Hall–Kier alpha value is -0.860. The lowest BCUT2D eigenvalue weighted by atomic mass is 9.87. The number of rotatable bonds is 1. The van der Waals surface area contributed by atoms with Crippen LogP contribution in [-0.2, 0) is 6.42 Å². The molecule has 1 aromatic rings. The molecule has 0 radical (unpaired) electrons. The predicted octanol–water partition coefficient (Wildman–Crippen LogP) is 2.22. The van der Waals surface area contributed by atoms with Gasteiger partial charge in [0.15, 0.2) is 0 Å². The van der Waals surface area contributed by atoms with E-state index in [1.165, 1.54) is 45.4 Å². The van der Waals surface area contributed by atoms with Crippen LogP contribution in [0.4, 0.5) is 0 Å².